The van der Waals surface area contributed by atoms with Gasteiger partial charge in [0.25, 0.3) is 5.91 Å². The lowest BCUT2D eigenvalue weighted by Gasteiger charge is -2.12. The van der Waals surface area contributed by atoms with Crippen molar-refractivity contribution in [2.24, 2.45) is 11.5 Å². The number of carbonyl (C=O) groups is 3. The molecule has 0 bridgehead atoms. The highest BCUT2D eigenvalue weighted by atomic mass is 16.5. The molecular weight excluding hydrogens is 703 g/mol. The van der Waals surface area contributed by atoms with E-state index in [-0.39, 0.29) is 23.6 Å². The van der Waals surface area contributed by atoms with Crippen LogP contribution in [0.3, 0.4) is 0 Å². The van der Waals surface area contributed by atoms with E-state index < -0.39 is 17.7 Å². The highest BCUT2D eigenvalue weighted by molar-refractivity contribution is 6.12. The molecule has 5 N–H and O–H groups in total. The monoisotopic (exact) mass is 742 g/mol. The fourth-order valence-electron chi connectivity index (χ4n) is 6.58. The van der Waals surface area contributed by atoms with Crippen LogP contribution >= 0.6 is 0 Å². The minimum Gasteiger partial charge on any atom is -0.491 e. The third-order valence-corrected chi connectivity index (χ3v) is 9.05. The fourth-order valence-corrected chi connectivity index (χ4v) is 6.58. The van der Waals surface area contributed by atoms with Crippen molar-refractivity contribution < 1.29 is 19.1 Å². The zero-order valence-electron chi connectivity index (χ0n) is 30.9. The lowest BCUT2D eigenvalue weighted by Crippen LogP contribution is -2.20. The predicted octanol–water partition coefficient (Wildman–Crippen LogP) is 4.36. The molecule has 0 spiro atoms. The molecule has 0 aliphatic heterocycles. The lowest BCUT2D eigenvalue weighted by atomic mass is 10.1. The Morgan fingerprint density at radius 1 is 0.818 bits per heavy atom. The first-order valence-corrected chi connectivity index (χ1v) is 17.8. The van der Waals surface area contributed by atoms with E-state index in [4.69, 9.17) is 26.2 Å². The summed E-state index contributed by atoms with van der Waals surface area (Å²) in [5, 5.41) is 13.3. The molecule has 0 saturated heterocycles. The van der Waals surface area contributed by atoms with Gasteiger partial charge in [0.1, 0.15) is 28.3 Å². The molecule has 7 aromatic rings. The van der Waals surface area contributed by atoms with E-state index in [9.17, 15) is 14.4 Å². The average molecular weight is 743 g/mol. The molecule has 3 amide bonds. The number of aromatic nitrogens is 10. The number of rotatable bonds is 14. The molecule has 1 aromatic carbocycles. The summed E-state index contributed by atoms with van der Waals surface area (Å²) in [7, 11) is 0. The van der Waals surface area contributed by atoms with Gasteiger partial charge in [-0.1, -0.05) is 12.2 Å². The van der Waals surface area contributed by atoms with Crippen LogP contribution in [0.5, 0.6) is 5.75 Å². The van der Waals surface area contributed by atoms with E-state index >= 15 is 0 Å². The largest absolute Gasteiger partial charge is 0.491 e. The van der Waals surface area contributed by atoms with Gasteiger partial charge in [-0.05, 0) is 71.4 Å². The average Bonchev–Trinajstić information content (AvgIpc) is 3.92. The highest BCUT2D eigenvalue weighted by Crippen LogP contribution is 2.36. The summed E-state index contributed by atoms with van der Waals surface area (Å²) in [6, 6.07) is 8.54. The minimum atomic E-state index is -0.648. The van der Waals surface area contributed by atoms with Crippen molar-refractivity contribution in [2.45, 2.75) is 60.3 Å². The Labute approximate surface area is 315 Å². The second-order valence-electron chi connectivity index (χ2n) is 12.9. The molecule has 17 heteroatoms. The zero-order chi connectivity index (χ0) is 39.0. The number of hydrogen-bond donors (Lipinski definition) is 3. The molecule has 7 rings (SSSR count). The summed E-state index contributed by atoms with van der Waals surface area (Å²) in [4.78, 5) is 56.7. The summed E-state index contributed by atoms with van der Waals surface area (Å²) in [5.41, 5.74) is 16.6. The number of hydrogen-bond acceptors (Lipinski definition) is 10. The smallest absolute Gasteiger partial charge is 0.276 e. The number of imidazole rings is 1. The molecule has 1 radical (unpaired) electrons. The number of amides is 3. The number of fused-ring (bicyclic) bond motifs is 4. The van der Waals surface area contributed by atoms with E-state index in [0.717, 1.165) is 11.4 Å². The number of anilines is 1. The van der Waals surface area contributed by atoms with Crippen molar-refractivity contribution in [3.63, 3.8) is 0 Å². The highest BCUT2D eigenvalue weighted by Gasteiger charge is 2.22. The molecule has 0 fully saturated rings. The second-order valence-corrected chi connectivity index (χ2v) is 12.9. The standard InChI is InChI=1S/C38H40N13O4/c1-6-13-55-30-18-23(32(39)52)16-25-26-20-41-34(28-14-21(4)46-50(28)7-2)44-35(26)48(31(25)30)11-9-10-12-49-36-27(17-24(19-42-36)33(40)53)43-38(49)45-37(54)29-15-22(5)47-51(29)8-3/h9-10,14-20H,1,6-8,11-13H2,2-5H3,(H2,39,52)(H2,40,53)(H,43,45,54)/b10-9+. The van der Waals surface area contributed by atoms with E-state index in [1.54, 1.807) is 33.6 Å². The first kappa shape index (κ1) is 36.4. The molecule has 0 aliphatic carbocycles. The summed E-state index contributed by atoms with van der Waals surface area (Å²) in [6.07, 6.45) is 7.47. The topological polar surface area (TPSA) is 222 Å². The molecule has 55 heavy (non-hydrogen) atoms. The number of aryl methyl sites for hydroxylation is 4. The summed E-state index contributed by atoms with van der Waals surface area (Å²) in [5.74, 6) is -0.471. The van der Waals surface area contributed by atoms with Gasteiger partial charge in [-0.2, -0.15) is 10.2 Å². The first-order valence-electron chi connectivity index (χ1n) is 17.8. The number of allylic oxidation sites excluding steroid dienone is 2. The number of nitrogens with one attached hydrogen (secondary N) is 1. The molecular formula is C38H40N13O4. The Bertz CT molecular complexity index is 2660. The Hall–Kier alpha value is -6.91. The van der Waals surface area contributed by atoms with Crippen molar-refractivity contribution in [3.8, 4) is 17.3 Å². The lowest BCUT2D eigenvalue weighted by molar-refractivity contribution is 0.0991. The number of nitrogens with zero attached hydrogens (tertiary/aromatic N) is 10. The normalized spacial score (nSPS) is 11.7. The van der Waals surface area contributed by atoms with Gasteiger partial charge in [-0.3, -0.25) is 33.6 Å². The van der Waals surface area contributed by atoms with Gasteiger partial charge in [0, 0.05) is 54.9 Å². The maximum absolute atomic E-state index is 13.5. The van der Waals surface area contributed by atoms with Crippen LogP contribution in [0.1, 0.15) is 62.9 Å². The molecule has 0 atom stereocenters. The minimum absolute atomic E-state index is 0.187. The van der Waals surface area contributed by atoms with E-state index in [1.165, 1.54) is 12.3 Å². The van der Waals surface area contributed by atoms with Gasteiger partial charge >= 0.3 is 0 Å². The Morgan fingerprint density at radius 3 is 2.24 bits per heavy atom. The Morgan fingerprint density at radius 2 is 1.53 bits per heavy atom. The van der Waals surface area contributed by atoms with Crippen molar-refractivity contribution in [2.75, 3.05) is 11.9 Å². The number of primary amides is 2. The quantitative estimate of drug-likeness (QED) is 0.134. The number of pyridine rings is 1. The molecule has 17 nitrogen and oxygen atoms in total. The van der Waals surface area contributed by atoms with Gasteiger partial charge in [-0.25, -0.2) is 19.9 Å². The second kappa shape index (κ2) is 14.8. The summed E-state index contributed by atoms with van der Waals surface area (Å²) in [6.45, 7) is 13.5. The van der Waals surface area contributed by atoms with Crippen LogP contribution in [0.4, 0.5) is 5.95 Å². The van der Waals surface area contributed by atoms with Crippen LogP contribution in [-0.2, 0) is 26.2 Å². The van der Waals surface area contributed by atoms with Crippen molar-refractivity contribution in [1.29, 1.82) is 0 Å². The SMILES string of the molecule is [CH2]CCOc1cc(C(N)=O)cc2c3cnc(-c4cc(C)nn4CC)nc3n(C/C=C/Cn3c(NC(=O)c4cc(C)nn4CC)nc4cc(C(N)=O)cnc43)c12. The van der Waals surface area contributed by atoms with E-state index in [1.807, 2.05) is 55.2 Å². The van der Waals surface area contributed by atoms with Crippen LogP contribution in [0.2, 0.25) is 0 Å². The maximum atomic E-state index is 13.5. The maximum Gasteiger partial charge on any atom is 0.276 e. The van der Waals surface area contributed by atoms with Crippen molar-refractivity contribution >= 4 is 56.8 Å². The van der Waals surface area contributed by atoms with Crippen molar-refractivity contribution in [1.82, 2.24) is 48.6 Å². The van der Waals surface area contributed by atoms with Gasteiger partial charge in [0.15, 0.2) is 11.5 Å². The van der Waals surface area contributed by atoms with E-state index in [0.29, 0.717) is 88.7 Å². The van der Waals surface area contributed by atoms with E-state index in [2.05, 4.69) is 32.4 Å². The van der Waals surface area contributed by atoms with Gasteiger partial charge in [-0.15, -0.1) is 0 Å². The first-order chi connectivity index (χ1) is 26.5. The van der Waals surface area contributed by atoms with Crippen LogP contribution in [0.15, 0.2) is 54.9 Å². The number of benzene rings is 1. The fraction of sp³-hybridized carbons (Fsp3) is 0.263. The third kappa shape index (κ3) is 6.87. The number of ether oxygens (including phenoxy) is 1. The number of nitrogens with two attached hydrogens (primary N) is 2. The van der Waals surface area contributed by atoms with Gasteiger partial charge < -0.3 is 20.8 Å². The Balaban J connectivity index is 1.31. The Kier molecular flexibility index (Phi) is 9.84. The molecule has 0 aliphatic rings. The molecule has 281 valence electrons. The predicted molar refractivity (Wildman–Crippen MR) is 206 cm³/mol. The third-order valence-electron chi connectivity index (χ3n) is 9.05. The van der Waals surface area contributed by atoms with Crippen LogP contribution in [-0.4, -0.2) is 73.0 Å². The zero-order valence-corrected chi connectivity index (χ0v) is 30.9. The van der Waals surface area contributed by atoms with Gasteiger partial charge in [0.2, 0.25) is 17.8 Å². The molecule has 6 aromatic heterocycles. The molecule has 6 heterocycles. The van der Waals surface area contributed by atoms with Crippen LogP contribution < -0.4 is 21.5 Å². The number of carbonyl (C=O) groups excluding carboxylic acids is 3. The summed E-state index contributed by atoms with van der Waals surface area (Å²) >= 11 is 0. The molecule has 0 unspecified atom stereocenters. The molecule has 0 saturated carbocycles. The van der Waals surface area contributed by atoms with Crippen LogP contribution in [0.25, 0.3) is 44.6 Å². The summed E-state index contributed by atoms with van der Waals surface area (Å²) < 4.78 is 13.3. The van der Waals surface area contributed by atoms with Crippen LogP contribution in [0, 0.1) is 20.8 Å². The van der Waals surface area contributed by atoms with Gasteiger partial charge in [0.05, 0.1) is 29.1 Å². The van der Waals surface area contributed by atoms with Crippen molar-refractivity contribution in [3.05, 3.63) is 90.0 Å².